The van der Waals surface area contributed by atoms with Gasteiger partial charge < -0.3 is 20.6 Å². The van der Waals surface area contributed by atoms with E-state index in [1.54, 1.807) is 18.3 Å². The quantitative estimate of drug-likeness (QED) is 0.822. The molecule has 3 heterocycles. The standard InChI is InChI=1S/C17H22N4O4/c1-11(22)21-10-17(9-13(21)16(24)25)4-7-20(8-5-17)15-12(14(18)23)3-2-6-19-15/h2-3,6,13H,4-5,7-10H2,1H3,(H2,18,23)(H,24,25). The second-order valence-electron chi connectivity index (χ2n) is 6.93. The lowest BCUT2D eigenvalue weighted by atomic mass is 9.76. The summed E-state index contributed by atoms with van der Waals surface area (Å²) in [6.45, 7) is 3.18. The summed E-state index contributed by atoms with van der Waals surface area (Å²) in [6.07, 6.45) is 3.59. The second-order valence-corrected chi connectivity index (χ2v) is 6.93. The summed E-state index contributed by atoms with van der Waals surface area (Å²) in [5.74, 6) is -1.10. The Morgan fingerprint density at radius 1 is 1.32 bits per heavy atom. The number of anilines is 1. The first-order chi connectivity index (χ1) is 11.8. The summed E-state index contributed by atoms with van der Waals surface area (Å²) < 4.78 is 0. The molecule has 1 aromatic heterocycles. The number of carboxylic acids is 1. The molecule has 8 nitrogen and oxygen atoms in total. The van der Waals surface area contributed by atoms with Crippen molar-refractivity contribution in [3.63, 3.8) is 0 Å². The molecule has 2 amide bonds. The van der Waals surface area contributed by atoms with Gasteiger partial charge in [0.1, 0.15) is 11.9 Å². The van der Waals surface area contributed by atoms with Gasteiger partial charge in [-0.15, -0.1) is 0 Å². The molecule has 1 aromatic rings. The molecule has 0 aromatic carbocycles. The summed E-state index contributed by atoms with van der Waals surface area (Å²) in [5.41, 5.74) is 5.62. The third-order valence-corrected chi connectivity index (χ3v) is 5.37. The molecule has 134 valence electrons. The number of carbonyl (C=O) groups is 3. The number of pyridine rings is 1. The van der Waals surface area contributed by atoms with Gasteiger partial charge in [0, 0.05) is 32.8 Å². The number of amides is 2. The molecule has 2 aliphatic rings. The van der Waals surface area contributed by atoms with E-state index >= 15 is 0 Å². The van der Waals surface area contributed by atoms with Crippen molar-refractivity contribution in [1.29, 1.82) is 0 Å². The average molecular weight is 346 g/mol. The Morgan fingerprint density at radius 3 is 2.52 bits per heavy atom. The van der Waals surface area contributed by atoms with E-state index in [4.69, 9.17) is 5.73 Å². The Hall–Kier alpha value is -2.64. The minimum Gasteiger partial charge on any atom is -0.480 e. The van der Waals surface area contributed by atoms with Crippen LogP contribution in [0.4, 0.5) is 5.82 Å². The van der Waals surface area contributed by atoms with Gasteiger partial charge in [-0.05, 0) is 36.8 Å². The van der Waals surface area contributed by atoms with E-state index < -0.39 is 17.9 Å². The zero-order valence-electron chi connectivity index (χ0n) is 14.1. The van der Waals surface area contributed by atoms with Crippen molar-refractivity contribution >= 4 is 23.6 Å². The molecule has 2 aliphatic heterocycles. The van der Waals surface area contributed by atoms with Crippen molar-refractivity contribution in [2.75, 3.05) is 24.5 Å². The number of aromatic nitrogens is 1. The molecule has 0 saturated carbocycles. The van der Waals surface area contributed by atoms with E-state index in [0.717, 1.165) is 12.8 Å². The maximum absolute atomic E-state index is 11.8. The average Bonchev–Trinajstić information content (AvgIpc) is 2.95. The minimum atomic E-state index is -0.949. The first-order valence-corrected chi connectivity index (χ1v) is 8.33. The molecule has 1 spiro atoms. The fourth-order valence-electron chi connectivity index (χ4n) is 4.00. The van der Waals surface area contributed by atoms with Crippen LogP contribution in [0.5, 0.6) is 0 Å². The molecule has 1 unspecified atom stereocenters. The summed E-state index contributed by atoms with van der Waals surface area (Å²) in [6, 6.07) is 2.58. The molecule has 0 bridgehead atoms. The van der Waals surface area contributed by atoms with Gasteiger partial charge in [-0.25, -0.2) is 9.78 Å². The number of hydrogen-bond acceptors (Lipinski definition) is 5. The van der Waals surface area contributed by atoms with Gasteiger partial charge in [0.05, 0.1) is 5.56 Å². The highest BCUT2D eigenvalue weighted by molar-refractivity contribution is 5.97. The fraction of sp³-hybridized carbons (Fsp3) is 0.529. The number of nitrogens with two attached hydrogens (primary N) is 1. The molecule has 0 aliphatic carbocycles. The van der Waals surface area contributed by atoms with E-state index in [9.17, 15) is 19.5 Å². The normalized spacial score (nSPS) is 22.2. The van der Waals surface area contributed by atoms with Gasteiger partial charge in [0.25, 0.3) is 5.91 Å². The lowest BCUT2D eigenvalue weighted by molar-refractivity contribution is -0.147. The minimum absolute atomic E-state index is 0.188. The monoisotopic (exact) mass is 346 g/mol. The molecule has 0 radical (unpaired) electrons. The van der Waals surface area contributed by atoms with Gasteiger partial charge in [0.2, 0.25) is 5.91 Å². The van der Waals surface area contributed by atoms with Gasteiger partial charge in [-0.2, -0.15) is 0 Å². The Balaban J connectivity index is 1.75. The molecule has 25 heavy (non-hydrogen) atoms. The van der Waals surface area contributed by atoms with E-state index in [0.29, 0.717) is 37.4 Å². The van der Waals surface area contributed by atoms with Crippen molar-refractivity contribution in [1.82, 2.24) is 9.88 Å². The van der Waals surface area contributed by atoms with Crippen LogP contribution in [0.1, 0.15) is 36.5 Å². The highest BCUT2D eigenvalue weighted by Gasteiger charge is 2.49. The largest absolute Gasteiger partial charge is 0.480 e. The summed E-state index contributed by atoms with van der Waals surface area (Å²) >= 11 is 0. The number of aliphatic carboxylic acids is 1. The third-order valence-electron chi connectivity index (χ3n) is 5.37. The number of primary amides is 1. The summed E-state index contributed by atoms with van der Waals surface area (Å²) in [5, 5.41) is 9.41. The van der Waals surface area contributed by atoms with E-state index in [-0.39, 0.29) is 11.3 Å². The van der Waals surface area contributed by atoms with Crippen LogP contribution < -0.4 is 10.6 Å². The van der Waals surface area contributed by atoms with Crippen LogP contribution >= 0.6 is 0 Å². The highest BCUT2D eigenvalue weighted by Crippen LogP contribution is 2.44. The Bertz CT molecular complexity index is 688. The number of likely N-dealkylation sites (tertiary alicyclic amines) is 1. The Kier molecular flexibility index (Phi) is 4.36. The van der Waals surface area contributed by atoms with Gasteiger partial charge in [-0.3, -0.25) is 9.59 Å². The van der Waals surface area contributed by atoms with E-state index in [2.05, 4.69) is 4.98 Å². The maximum atomic E-state index is 11.8. The molecule has 1 atom stereocenters. The molecular weight excluding hydrogens is 324 g/mol. The zero-order chi connectivity index (χ0) is 18.2. The SMILES string of the molecule is CC(=O)N1CC2(CCN(c3ncccc3C(N)=O)CC2)CC1C(=O)O. The Morgan fingerprint density at radius 2 is 2.00 bits per heavy atom. The fourth-order valence-corrected chi connectivity index (χ4v) is 4.00. The van der Waals surface area contributed by atoms with E-state index in [1.165, 1.54) is 11.8 Å². The third kappa shape index (κ3) is 3.16. The molecule has 2 saturated heterocycles. The number of rotatable bonds is 3. The number of piperidine rings is 1. The molecule has 3 rings (SSSR count). The highest BCUT2D eigenvalue weighted by atomic mass is 16.4. The molecule has 2 fully saturated rings. The van der Waals surface area contributed by atoms with Crippen molar-refractivity contribution in [3.8, 4) is 0 Å². The number of carbonyl (C=O) groups excluding carboxylic acids is 2. The molecule has 3 N–H and O–H groups in total. The predicted octanol–water partition coefficient (Wildman–Crippen LogP) is 0.473. The lowest BCUT2D eigenvalue weighted by Crippen LogP contribution is -2.43. The van der Waals surface area contributed by atoms with Gasteiger partial charge in [0.15, 0.2) is 0 Å². The van der Waals surface area contributed by atoms with Crippen LogP contribution in [-0.2, 0) is 9.59 Å². The van der Waals surface area contributed by atoms with Crippen molar-refractivity contribution < 1.29 is 19.5 Å². The second kappa shape index (κ2) is 6.34. The van der Waals surface area contributed by atoms with Crippen molar-refractivity contribution in [2.45, 2.75) is 32.2 Å². The van der Waals surface area contributed by atoms with Crippen LogP contribution in [0.2, 0.25) is 0 Å². The maximum Gasteiger partial charge on any atom is 0.326 e. The van der Waals surface area contributed by atoms with Crippen molar-refractivity contribution in [3.05, 3.63) is 23.9 Å². The number of nitrogens with zero attached hydrogens (tertiary/aromatic N) is 3. The number of carboxylic acid groups (broad SMARTS) is 1. The molecular formula is C17H22N4O4. The lowest BCUT2D eigenvalue weighted by Gasteiger charge is -2.40. The Labute approximate surface area is 145 Å². The van der Waals surface area contributed by atoms with Crippen molar-refractivity contribution in [2.24, 2.45) is 11.1 Å². The van der Waals surface area contributed by atoms with Crippen LogP contribution in [0.25, 0.3) is 0 Å². The predicted molar refractivity (Wildman–Crippen MR) is 90.1 cm³/mol. The first kappa shape index (κ1) is 17.2. The zero-order valence-corrected chi connectivity index (χ0v) is 14.1. The first-order valence-electron chi connectivity index (χ1n) is 8.33. The molecule has 8 heteroatoms. The van der Waals surface area contributed by atoms with E-state index in [1.807, 2.05) is 4.90 Å². The van der Waals surface area contributed by atoms with Gasteiger partial charge >= 0.3 is 5.97 Å². The smallest absolute Gasteiger partial charge is 0.326 e. The van der Waals surface area contributed by atoms with Crippen LogP contribution in [0.15, 0.2) is 18.3 Å². The topological polar surface area (TPSA) is 117 Å². The van der Waals surface area contributed by atoms with Crippen LogP contribution in [0, 0.1) is 5.41 Å². The number of hydrogen-bond donors (Lipinski definition) is 2. The summed E-state index contributed by atoms with van der Waals surface area (Å²) in [7, 11) is 0. The summed E-state index contributed by atoms with van der Waals surface area (Å²) in [4.78, 5) is 42.6. The van der Waals surface area contributed by atoms with Crippen LogP contribution in [0.3, 0.4) is 0 Å². The van der Waals surface area contributed by atoms with Crippen LogP contribution in [-0.4, -0.2) is 58.5 Å². The van der Waals surface area contributed by atoms with Gasteiger partial charge in [-0.1, -0.05) is 0 Å².